The number of fused-ring (bicyclic) bond motifs is 2. The van der Waals surface area contributed by atoms with Crippen LogP contribution in [0.1, 0.15) is 5.56 Å². The Morgan fingerprint density at radius 2 is 1.58 bits per heavy atom. The monoisotopic (exact) mass is 363 g/mol. The van der Waals surface area contributed by atoms with Crippen molar-refractivity contribution in [1.29, 1.82) is 0 Å². The normalized spacial score (nSPS) is 16.2. The lowest BCUT2D eigenvalue weighted by Gasteiger charge is -2.10. The van der Waals surface area contributed by atoms with Gasteiger partial charge in [-0.05, 0) is 51.0 Å². The van der Waals surface area contributed by atoms with Gasteiger partial charge in [0.05, 0.1) is 4.91 Å². The summed E-state index contributed by atoms with van der Waals surface area (Å²) in [5.41, 5.74) is 0.847. The molecule has 1 aliphatic rings. The number of rotatable bonds is 3. The highest BCUT2D eigenvalue weighted by molar-refractivity contribution is 8.18. The Morgan fingerprint density at radius 1 is 1.00 bits per heavy atom. The fraction of sp³-hybridized carbons (Fsp3) is 0.0500. The Hall–Kier alpha value is -3.12. The van der Waals surface area contributed by atoms with Crippen LogP contribution in [0.3, 0.4) is 0 Å². The topological polar surface area (TPSA) is 74.7 Å². The molecule has 0 unspecified atom stereocenters. The molecule has 0 radical (unpaired) electrons. The molecule has 2 amide bonds. The van der Waals surface area contributed by atoms with Gasteiger partial charge in [0, 0.05) is 0 Å². The van der Waals surface area contributed by atoms with Crippen molar-refractivity contribution in [3.63, 3.8) is 0 Å². The second kappa shape index (κ2) is 6.31. The lowest BCUT2D eigenvalue weighted by molar-refractivity contribution is -0.140. The molecule has 3 aromatic rings. The van der Waals surface area contributed by atoms with Gasteiger partial charge >= 0.3 is 5.97 Å². The molecule has 1 heterocycles. The fourth-order valence-electron chi connectivity index (χ4n) is 3.11. The van der Waals surface area contributed by atoms with Gasteiger partial charge in [0.25, 0.3) is 11.1 Å². The molecule has 0 atom stereocenters. The van der Waals surface area contributed by atoms with Crippen LogP contribution < -0.4 is 0 Å². The summed E-state index contributed by atoms with van der Waals surface area (Å²) in [6, 6.07) is 17.7. The van der Waals surface area contributed by atoms with Gasteiger partial charge in [0.2, 0.25) is 0 Å². The average Bonchev–Trinajstić information content (AvgIpc) is 2.88. The number of carboxylic acid groups (broad SMARTS) is 1. The molecule has 5 nitrogen and oxygen atoms in total. The minimum absolute atomic E-state index is 0.234. The minimum atomic E-state index is -1.22. The first-order valence-electron chi connectivity index (χ1n) is 7.92. The van der Waals surface area contributed by atoms with Crippen molar-refractivity contribution < 1.29 is 19.5 Å². The van der Waals surface area contributed by atoms with Crippen molar-refractivity contribution in [2.45, 2.75) is 0 Å². The van der Waals surface area contributed by atoms with E-state index in [1.54, 1.807) is 6.08 Å². The van der Waals surface area contributed by atoms with Crippen molar-refractivity contribution in [3.05, 3.63) is 65.1 Å². The first-order valence-corrected chi connectivity index (χ1v) is 8.74. The molecular weight excluding hydrogens is 350 g/mol. The number of benzene rings is 3. The molecule has 4 rings (SSSR count). The third kappa shape index (κ3) is 2.74. The molecular formula is C20H13NO4S. The Kier molecular flexibility index (Phi) is 3.97. The van der Waals surface area contributed by atoms with Crippen molar-refractivity contribution in [3.8, 4) is 0 Å². The smallest absolute Gasteiger partial charge is 0.323 e. The van der Waals surface area contributed by atoms with Gasteiger partial charge in [-0.1, -0.05) is 48.5 Å². The molecule has 3 aromatic carbocycles. The first-order chi connectivity index (χ1) is 12.5. The third-order valence-electron chi connectivity index (χ3n) is 4.26. The molecule has 26 heavy (non-hydrogen) atoms. The van der Waals surface area contributed by atoms with Gasteiger partial charge < -0.3 is 5.11 Å². The quantitative estimate of drug-likeness (QED) is 0.560. The SMILES string of the molecule is O=C(O)CN1C(=O)S/C(=C/c2c3ccccc3cc3ccccc23)C1=O. The van der Waals surface area contributed by atoms with Crippen molar-refractivity contribution in [1.82, 2.24) is 4.90 Å². The summed E-state index contributed by atoms with van der Waals surface area (Å²) in [5.74, 6) is -1.79. The summed E-state index contributed by atoms with van der Waals surface area (Å²) < 4.78 is 0. The fourth-order valence-corrected chi connectivity index (χ4v) is 3.93. The number of amides is 2. The zero-order chi connectivity index (χ0) is 18.3. The largest absolute Gasteiger partial charge is 0.480 e. The molecule has 0 aromatic heterocycles. The van der Waals surface area contributed by atoms with Crippen molar-refractivity contribution in [2.24, 2.45) is 0 Å². The molecule has 0 aliphatic carbocycles. The number of imide groups is 1. The summed E-state index contributed by atoms with van der Waals surface area (Å²) in [6.45, 7) is -0.627. The van der Waals surface area contributed by atoms with Crippen LogP contribution in [0.2, 0.25) is 0 Å². The molecule has 1 saturated heterocycles. The van der Waals surface area contributed by atoms with E-state index < -0.39 is 23.7 Å². The molecule has 6 heteroatoms. The minimum Gasteiger partial charge on any atom is -0.480 e. The van der Waals surface area contributed by atoms with Gasteiger partial charge in [-0.3, -0.25) is 19.3 Å². The Bertz CT molecular complexity index is 1070. The van der Waals surface area contributed by atoms with E-state index in [1.165, 1.54) is 0 Å². The maximum absolute atomic E-state index is 12.5. The zero-order valence-corrected chi connectivity index (χ0v) is 14.3. The molecule has 1 fully saturated rings. The zero-order valence-electron chi connectivity index (χ0n) is 13.5. The van der Waals surface area contributed by atoms with Gasteiger partial charge in [0.1, 0.15) is 6.54 Å². The highest BCUT2D eigenvalue weighted by atomic mass is 32.2. The number of nitrogens with zero attached hydrogens (tertiary/aromatic N) is 1. The second-order valence-electron chi connectivity index (χ2n) is 5.89. The Labute approximate surface area is 152 Å². The number of carbonyl (C=O) groups is 3. The van der Waals surface area contributed by atoms with Crippen LogP contribution in [0.25, 0.3) is 27.6 Å². The lowest BCUT2D eigenvalue weighted by Crippen LogP contribution is -2.33. The van der Waals surface area contributed by atoms with Crippen LogP contribution in [-0.2, 0) is 9.59 Å². The highest BCUT2D eigenvalue weighted by Gasteiger charge is 2.36. The van der Waals surface area contributed by atoms with Gasteiger partial charge in [-0.2, -0.15) is 0 Å². The van der Waals surface area contributed by atoms with Crippen LogP contribution in [0.15, 0.2) is 59.5 Å². The van der Waals surface area contributed by atoms with E-state index in [9.17, 15) is 14.4 Å². The van der Waals surface area contributed by atoms with Gasteiger partial charge in [-0.25, -0.2) is 0 Å². The maximum Gasteiger partial charge on any atom is 0.323 e. The summed E-state index contributed by atoms with van der Waals surface area (Å²) in [4.78, 5) is 36.4. The van der Waals surface area contributed by atoms with Crippen LogP contribution in [0.4, 0.5) is 4.79 Å². The Balaban J connectivity index is 1.91. The summed E-state index contributed by atoms with van der Waals surface area (Å²) in [6.07, 6.45) is 1.69. The second-order valence-corrected chi connectivity index (χ2v) is 6.89. The first kappa shape index (κ1) is 16.4. The molecule has 128 valence electrons. The average molecular weight is 363 g/mol. The highest BCUT2D eigenvalue weighted by Crippen LogP contribution is 2.36. The summed E-state index contributed by atoms with van der Waals surface area (Å²) in [5, 5.41) is 12.3. The molecule has 0 spiro atoms. The number of thioether (sulfide) groups is 1. The number of aliphatic carboxylic acids is 1. The molecule has 1 aliphatic heterocycles. The lowest BCUT2D eigenvalue weighted by atomic mass is 9.96. The molecule has 0 bridgehead atoms. The van der Waals surface area contributed by atoms with Crippen LogP contribution in [0, 0.1) is 0 Å². The van der Waals surface area contributed by atoms with Crippen LogP contribution in [0.5, 0.6) is 0 Å². The number of hydrogen-bond acceptors (Lipinski definition) is 4. The Morgan fingerprint density at radius 3 is 2.15 bits per heavy atom. The molecule has 1 N–H and O–H groups in total. The van der Waals surface area contributed by atoms with Gasteiger partial charge in [-0.15, -0.1) is 0 Å². The number of carboxylic acids is 1. The van der Waals surface area contributed by atoms with Crippen LogP contribution in [-0.4, -0.2) is 33.7 Å². The van der Waals surface area contributed by atoms with Crippen molar-refractivity contribution >= 4 is 56.5 Å². The maximum atomic E-state index is 12.5. The van der Waals surface area contributed by atoms with E-state index in [2.05, 4.69) is 6.07 Å². The van der Waals surface area contributed by atoms with E-state index >= 15 is 0 Å². The van der Waals surface area contributed by atoms with E-state index in [-0.39, 0.29) is 4.91 Å². The number of carbonyl (C=O) groups excluding carboxylic acids is 2. The van der Waals surface area contributed by atoms with E-state index in [0.29, 0.717) is 0 Å². The standard InChI is InChI=1S/C20H13NO4S/c22-18(23)11-21-19(24)17(26-20(21)25)10-16-14-7-3-1-5-12(14)9-13-6-2-4-8-15(13)16/h1-10H,11H2,(H,22,23)/b17-10+. The van der Waals surface area contributed by atoms with E-state index in [0.717, 1.165) is 43.8 Å². The van der Waals surface area contributed by atoms with Crippen molar-refractivity contribution in [2.75, 3.05) is 6.54 Å². The predicted octanol–water partition coefficient (Wildman–Crippen LogP) is 4.11. The van der Waals surface area contributed by atoms with Crippen LogP contribution >= 0.6 is 11.8 Å². The third-order valence-corrected chi connectivity index (χ3v) is 5.16. The van der Waals surface area contributed by atoms with E-state index in [4.69, 9.17) is 5.11 Å². The predicted molar refractivity (Wildman–Crippen MR) is 102 cm³/mol. The summed E-state index contributed by atoms with van der Waals surface area (Å²) in [7, 11) is 0. The number of hydrogen-bond donors (Lipinski definition) is 1. The van der Waals surface area contributed by atoms with Gasteiger partial charge in [0.15, 0.2) is 0 Å². The summed E-state index contributed by atoms with van der Waals surface area (Å²) >= 11 is 0.771. The molecule has 0 saturated carbocycles. The van der Waals surface area contributed by atoms with E-state index in [1.807, 2.05) is 48.5 Å².